The van der Waals surface area contributed by atoms with E-state index in [1.807, 2.05) is 0 Å². The molecule has 14 heavy (non-hydrogen) atoms. The molecule has 0 aliphatic heterocycles. The van der Waals surface area contributed by atoms with Gasteiger partial charge in [0.1, 0.15) is 0 Å². The average molecular weight is 188 g/mol. The van der Waals surface area contributed by atoms with E-state index in [2.05, 4.69) is 40.7 Å². The Morgan fingerprint density at radius 1 is 0.929 bits per heavy atom. The number of benzene rings is 1. The highest BCUT2D eigenvalue weighted by Crippen LogP contribution is 2.40. The lowest BCUT2D eigenvalue weighted by molar-refractivity contribution is 0.392. The van der Waals surface area contributed by atoms with Crippen molar-refractivity contribution in [2.24, 2.45) is 5.41 Å². The summed E-state index contributed by atoms with van der Waals surface area (Å²) in [5.41, 5.74) is 8.21. The Labute approximate surface area is 87.3 Å². The minimum atomic E-state index is 0.478. The largest absolute Gasteiger partial charge is 0.0593 e. The second-order valence-corrected chi connectivity index (χ2v) is 5.61. The van der Waals surface area contributed by atoms with Gasteiger partial charge in [-0.2, -0.15) is 0 Å². The minimum absolute atomic E-state index is 0.478. The van der Waals surface area contributed by atoms with E-state index in [4.69, 9.17) is 0 Å². The molecule has 2 rings (SSSR count). The van der Waals surface area contributed by atoms with Crippen LogP contribution in [0.15, 0.2) is 6.07 Å². The molecule has 1 aromatic rings. The van der Waals surface area contributed by atoms with E-state index >= 15 is 0 Å². The van der Waals surface area contributed by atoms with E-state index < -0.39 is 0 Å². The lowest BCUT2D eigenvalue weighted by atomic mass is 9.90. The molecule has 0 atom stereocenters. The zero-order valence-electron chi connectivity index (χ0n) is 9.99. The van der Waals surface area contributed by atoms with Crippen molar-refractivity contribution in [3.63, 3.8) is 0 Å². The third-order valence-corrected chi connectivity index (χ3v) is 3.63. The Kier molecular flexibility index (Phi) is 1.99. The first-order chi connectivity index (χ1) is 6.41. The molecular weight excluding hydrogens is 168 g/mol. The summed E-state index contributed by atoms with van der Waals surface area (Å²) < 4.78 is 0. The first-order valence-corrected chi connectivity index (χ1v) is 5.49. The molecule has 1 aromatic carbocycles. The van der Waals surface area contributed by atoms with Crippen LogP contribution in [0.5, 0.6) is 0 Å². The molecule has 0 amide bonds. The summed E-state index contributed by atoms with van der Waals surface area (Å²) in [6.07, 6.45) is 2.52. The van der Waals surface area contributed by atoms with Crippen LogP contribution in [-0.2, 0) is 12.8 Å². The van der Waals surface area contributed by atoms with Gasteiger partial charge in [0.2, 0.25) is 0 Å². The van der Waals surface area contributed by atoms with Gasteiger partial charge in [0.25, 0.3) is 0 Å². The van der Waals surface area contributed by atoms with Crippen LogP contribution >= 0.6 is 0 Å². The topological polar surface area (TPSA) is 0 Å². The van der Waals surface area contributed by atoms with Crippen molar-refractivity contribution >= 4 is 0 Å². The highest BCUT2D eigenvalue weighted by atomic mass is 14.3. The summed E-state index contributed by atoms with van der Waals surface area (Å²) in [5, 5.41) is 0. The van der Waals surface area contributed by atoms with Crippen molar-refractivity contribution in [1.29, 1.82) is 0 Å². The van der Waals surface area contributed by atoms with Crippen LogP contribution in [0, 0.1) is 26.2 Å². The van der Waals surface area contributed by atoms with Crippen LogP contribution in [-0.4, -0.2) is 0 Å². The van der Waals surface area contributed by atoms with Gasteiger partial charge >= 0.3 is 0 Å². The van der Waals surface area contributed by atoms with Crippen LogP contribution in [0.1, 0.15) is 41.7 Å². The van der Waals surface area contributed by atoms with Crippen molar-refractivity contribution < 1.29 is 0 Å². The van der Waals surface area contributed by atoms with Gasteiger partial charge < -0.3 is 0 Å². The van der Waals surface area contributed by atoms with Crippen LogP contribution in [0.2, 0.25) is 0 Å². The summed E-state index contributed by atoms with van der Waals surface area (Å²) in [7, 11) is 0. The Balaban J connectivity index is 2.61. The second-order valence-electron chi connectivity index (χ2n) is 5.61. The molecule has 0 aromatic heterocycles. The summed E-state index contributed by atoms with van der Waals surface area (Å²) >= 11 is 0. The molecule has 0 heterocycles. The summed E-state index contributed by atoms with van der Waals surface area (Å²) in [6, 6.07) is 2.34. The molecule has 0 radical (unpaired) electrons. The Bertz CT molecular complexity index is 384. The normalized spacial score (nSPS) is 18.4. The fraction of sp³-hybridized carbons (Fsp3) is 0.571. The number of aryl methyl sites for hydroxylation is 2. The second kappa shape index (κ2) is 2.85. The predicted molar refractivity (Wildman–Crippen MR) is 61.8 cm³/mol. The Morgan fingerprint density at radius 3 is 2.14 bits per heavy atom. The molecule has 0 saturated heterocycles. The predicted octanol–water partition coefficient (Wildman–Crippen LogP) is 3.74. The molecule has 0 saturated carbocycles. The fourth-order valence-corrected chi connectivity index (χ4v) is 2.73. The summed E-state index contributed by atoms with van der Waals surface area (Å²) in [4.78, 5) is 0. The average Bonchev–Trinajstić information content (AvgIpc) is 2.38. The van der Waals surface area contributed by atoms with Crippen LogP contribution in [0.3, 0.4) is 0 Å². The summed E-state index contributed by atoms with van der Waals surface area (Å²) in [6.45, 7) is 11.5. The molecular formula is C14H20. The van der Waals surface area contributed by atoms with Crippen molar-refractivity contribution in [2.45, 2.75) is 47.5 Å². The molecule has 1 aliphatic rings. The standard InChI is InChI=1S/C14H20/c1-9-6-10(2)12-7-14(4,5)8-13(12)11(9)3/h6H,7-8H2,1-5H3. The lowest BCUT2D eigenvalue weighted by Gasteiger charge is -2.15. The van der Waals surface area contributed by atoms with Crippen LogP contribution < -0.4 is 0 Å². The lowest BCUT2D eigenvalue weighted by Crippen LogP contribution is -2.09. The molecule has 76 valence electrons. The number of hydrogen-bond donors (Lipinski definition) is 0. The third kappa shape index (κ3) is 1.37. The maximum Gasteiger partial charge on any atom is -0.0218 e. The van der Waals surface area contributed by atoms with Gasteiger partial charge in [0.15, 0.2) is 0 Å². The number of rotatable bonds is 0. The fourth-order valence-electron chi connectivity index (χ4n) is 2.73. The van der Waals surface area contributed by atoms with E-state index in [1.165, 1.54) is 29.5 Å². The van der Waals surface area contributed by atoms with E-state index in [-0.39, 0.29) is 0 Å². The summed E-state index contributed by atoms with van der Waals surface area (Å²) in [5.74, 6) is 0. The highest BCUT2D eigenvalue weighted by Gasteiger charge is 2.30. The van der Waals surface area contributed by atoms with E-state index in [1.54, 1.807) is 11.1 Å². The van der Waals surface area contributed by atoms with E-state index in [9.17, 15) is 0 Å². The zero-order valence-corrected chi connectivity index (χ0v) is 9.99. The molecule has 0 spiro atoms. The quantitative estimate of drug-likeness (QED) is 0.582. The van der Waals surface area contributed by atoms with Gasteiger partial charge in [-0.05, 0) is 66.8 Å². The van der Waals surface area contributed by atoms with Gasteiger partial charge in [-0.1, -0.05) is 19.9 Å². The smallest absolute Gasteiger partial charge is 0.0218 e. The number of hydrogen-bond acceptors (Lipinski definition) is 0. The van der Waals surface area contributed by atoms with Gasteiger partial charge in [-0.15, -0.1) is 0 Å². The van der Waals surface area contributed by atoms with E-state index in [0.29, 0.717) is 5.41 Å². The first kappa shape index (κ1) is 9.76. The highest BCUT2D eigenvalue weighted by molar-refractivity contribution is 5.48. The van der Waals surface area contributed by atoms with Gasteiger partial charge in [0, 0.05) is 0 Å². The van der Waals surface area contributed by atoms with Gasteiger partial charge in [-0.25, -0.2) is 0 Å². The monoisotopic (exact) mass is 188 g/mol. The zero-order chi connectivity index (χ0) is 10.5. The van der Waals surface area contributed by atoms with Crippen molar-refractivity contribution in [2.75, 3.05) is 0 Å². The van der Waals surface area contributed by atoms with Crippen LogP contribution in [0.25, 0.3) is 0 Å². The maximum absolute atomic E-state index is 2.38. The van der Waals surface area contributed by atoms with Gasteiger partial charge in [-0.3, -0.25) is 0 Å². The van der Waals surface area contributed by atoms with Crippen molar-refractivity contribution in [3.8, 4) is 0 Å². The third-order valence-electron chi connectivity index (χ3n) is 3.63. The molecule has 0 fully saturated rings. The molecule has 0 nitrogen and oxygen atoms in total. The molecule has 0 N–H and O–H groups in total. The Hall–Kier alpha value is -0.780. The number of fused-ring (bicyclic) bond motifs is 1. The SMILES string of the molecule is Cc1cc(C)c2c(c1C)CC(C)(C)C2. The maximum atomic E-state index is 2.38. The van der Waals surface area contributed by atoms with Gasteiger partial charge in [0.05, 0.1) is 0 Å². The first-order valence-electron chi connectivity index (χ1n) is 5.49. The van der Waals surface area contributed by atoms with Crippen molar-refractivity contribution in [1.82, 2.24) is 0 Å². The molecule has 0 bridgehead atoms. The van der Waals surface area contributed by atoms with Crippen molar-refractivity contribution in [3.05, 3.63) is 33.9 Å². The minimum Gasteiger partial charge on any atom is -0.0593 e. The molecule has 0 heteroatoms. The molecule has 1 aliphatic carbocycles. The Morgan fingerprint density at radius 2 is 1.50 bits per heavy atom. The van der Waals surface area contributed by atoms with E-state index in [0.717, 1.165) is 0 Å². The molecule has 0 unspecified atom stereocenters. The van der Waals surface area contributed by atoms with Crippen LogP contribution in [0.4, 0.5) is 0 Å².